The van der Waals surface area contributed by atoms with Gasteiger partial charge in [-0.25, -0.2) is 18.7 Å². The molecule has 4 nitrogen and oxygen atoms in total. The second kappa shape index (κ2) is 6.13. The van der Waals surface area contributed by atoms with Crippen molar-refractivity contribution in [3.8, 4) is 0 Å². The lowest BCUT2D eigenvalue weighted by atomic mass is 10.3. The number of benzene rings is 1. The molecule has 0 amide bonds. The molecule has 0 saturated carbocycles. The molecule has 0 aliphatic heterocycles. The highest BCUT2D eigenvalue weighted by molar-refractivity contribution is 9.10. The third-order valence-electron chi connectivity index (χ3n) is 2.54. The minimum Gasteiger partial charge on any atom is -0.384 e. The second-order valence-electron chi connectivity index (χ2n) is 4.22. The lowest BCUT2D eigenvalue weighted by molar-refractivity contribution is 0.581. The van der Waals surface area contributed by atoms with Gasteiger partial charge in [0.05, 0.1) is 10.2 Å². The Balaban J connectivity index is 2.32. The number of nitrogens with one attached hydrogen (secondary N) is 1. The van der Waals surface area contributed by atoms with Crippen LogP contribution < -0.4 is 11.1 Å². The van der Waals surface area contributed by atoms with Crippen LogP contribution in [0.1, 0.15) is 19.2 Å². The van der Waals surface area contributed by atoms with Crippen molar-refractivity contribution in [3.63, 3.8) is 0 Å². The Morgan fingerprint density at radius 1 is 1.20 bits per heavy atom. The Morgan fingerprint density at radius 3 is 2.65 bits per heavy atom. The summed E-state index contributed by atoms with van der Waals surface area (Å²) in [6.45, 7) is 2.00. The number of aromatic nitrogens is 2. The van der Waals surface area contributed by atoms with Crippen LogP contribution in [0.2, 0.25) is 0 Å². The molecule has 0 bridgehead atoms. The summed E-state index contributed by atoms with van der Waals surface area (Å²) in [6.07, 6.45) is 1.55. The molecule has 1 heterocycles. The van der Waals surface area contributed by atoms with E-state index in [4.69, 9.17) is 5.73 Å². The number of nitrogen functional groups attached to an aromatic ring is 1. The molecule has 3 N–H and O–H groups in total. The molecule has 0 aliphatic rings. The maximum Gasteiger partial charge on any atom is 0.149 e. The Hall–Kier alpha value is -1.76. The van der Waals surface area contributed by atoms with E-state index in [9.17, 15) is 8.78 Å². The van der Waals surface area contributed by atoms with E-state index in [0.717, 1.165) is 12.5 Å². The van der Waals surface area contributed by atoms with Gasteiger partial charge >= 0.3 is 0 Å². The van der Waals surface area contributed by atoms with Crippen molar-refractivity contribution in [1.82, 2.24) is 9.97 Å². The van der Waals surface area contributed by atoms with Gasteiger partial charge in [0, 0.05) is 18.6 Å². The first-order valence-electron chi connectivity index (χ1n) is 6.04. The second-order valence-corrected chi connectivity index (χ2v) is 5.07. The van der Waals surface area contributed by atoms with Crippen molar-refractivity contribution in [2.45, 2.75) is 19.8 Å². The molecule has 0 spiro atoms. The van der Waals surface area contributed by atoms with Gasteiger partial charge in [-0.2, -0.15) is 0 Å². The standard InChI is InChI=1S/C13H13BrF2N4/c1-2-3-12-19-11(17)6-13(20-12)18-10-4-7(14)8(15)5-9(10)16/h4-6H,2-3H2,1H3,(H3,17,18,19,20). The Morgan fingerprint density at radius 2 is 1.95 bits per heavy atom. The van der Waals surface area contributed by atoms with Crippen LogP contribution in [-0.4, -0.2) is 9.97 Å². The number of hydrogen-bond donors (Lipinski definition) is 2. The van der Waals surface area contributed by atoms with Crippen LogP contribution >= 0.6 is 15.9 Å². The molecule has 0 aliphatic carbocycles. The predicted octanol–water partition coefficient (Wildman–Crippen LogP) is 3.80. The molecule has 0 unspecified atom stereocenters. The summed E-state index contributed by atoms with van der Waals surface area (Å²) < 4.78 is 27.0. The summed E-state index contributed by atoms with van der Waals surface area (Å²) in [7, 11) is 0. The van der Waals surface area contributed by atoms with E-state index in [1.54, 1.807) is 0 Å². The van der Waals surface area contributed by atoms with E-state index >= 15 is 0 Å². The summed E-state index contributed by atoms with van der Waals surface area (Å²) in [5.41, 5.74) is 5.79. The lowest BCUT2D eigenvalue weighted by Gasteiger charge is -2.09. The van der Waals surface area contributed by atoms with E-state index in [-0.39, 0.29) is 10.2 Å². The van der Waals surface area contributed by atoms with E-state index in [2.05, 4.69) is 31.2 Å². The molecule has 2 rings (SSSR count). The molecule has 0 saturated heterocycles. The first kappa shape index (κ1) is 14.6. The molecular weight excluding hydrogens is 330 g/mol. The molecule has 0 atom stereocenters. The van der Waals surface area contributed by atoms with Crippen LogP contribution in [0.4, 0.5) is 26.1 Å². The van der Waals surface area contributed by atoms with Gasteiger partial charge in [-0.3, -0.25) is 0 Å². The zero-order valence-corrected chi connectivity index (χ0v) is 12.3. The SMILES string of the molecule is CCCc1nc(N)cc(Nc2cc(Br)c(F)cc2F)n1. The van der Waals surface area contributed by atoms with Crippen molar-refractivity contribution >= 4 is 33.3 Å². The van der Waals surface area contributed by atoms with Gasteiger partial charge in [-0.1, -0.05) is 6.92 Å². The fourth-order valence-electron chi connectivity index (χ4n) is 1.67. The van der Waals surface area contributed by atoms with Gasteiger partial charge in [-0.05, 0) is 28.4 Å². The van der Waals surface area contributed by atoms with Crippen molar-refractivity contribution in [2.75, 3.05) is 11.1 Å². The van der Waals surface area contributed by atoms with E-state index in [1.165, 1.54) is 12.1 Å². The quantitative estimate of drug-likeness (QED) is 0.829. The van der Waals surface area contributed by atoms with Crippen LogP contribution in [0, 0.1) is 11.6 Å². The zero-order chi connectivity index (χ0) is 14.7. The van der Waals surface area contributed by atoms with Gasteiger partial charge in [0.2, 0.25) is 0 Å². The fraction of sp³-hybridized carbons (Fsp3) is 0.231. The predicted molar refractivity (Wildman–Crippen MR) is 77.8 cm³/mol. The van der Waals surface area contributed by atoms with Gasteiger partial charge in [0.1, 0.15) is 29.1 Å². The van der Waals surface area contributed by atoms with Crippen molar-refractivity contribution in [3.05, 3.63) is 40.1 Å². The van der Waals surface area contributed by atoms with Gasteiger partial charge < -0.3 is 11.1 Å². The van der Waals surface area contributed by atoms with Crippen LogP contribution in [0.25, 0.3) is 0 Å². The smallest absolute Gasteiger partial charge is 0.149 e. The van der Waals surface area contributed by atoms with E-state index in [1.807, 2.05) is 6.92 Å². The summed E-state index contributed by atoms with van der Waals surface area (Å²) in [5.74, 6) is -0.121. The molecule has 106 valence electrons. The number of nitrogens with zero attached hydrogens (tertiary/aromatic N) is 2. The Kier molecular flexibility index (Phi) is 4.49. The van der Waals surface area contributed by atoms with Crippen molar-refractivity contribution < 1.29 is 8.78 Å². The van der Waals surface area contributed by atoms with Gasteiger partial charge in [-0.15, -0.1) is 0 Å². The molecule has 2 aromatic rings. The molecule has 1 aromatic heterocycles. The molecule has 20 heavy (non-hydrogen) atoms. The summed E-state index contributed by atoms with van der Waals surface area (Å²) in [4.78, 5) is 8.32. The summed E-state index contributed by atoms with van der Waals surface area (Å²) >= 11 is 3.01. The van der Waals surface area contributed by atoms with E-state index in [0.29, 0.717) is 23.9 Å². The monoisotopic (exact) mass is 342 g/mol. The number of halogens is 3. The highest BCUT2D eigenvalue weighted by atomic mass is 79.9. The Labute approximate surface area is 123 Å². The normalized spacial score (nSPS) is 10.6. The molecule has 1 aromatic carbocycles. The third-order valence-corrected chi connectivity index (χ3v) is 3.15. The highest BCUT2D eigenvalue weighted by Crippen LogP contribution is 2.26. The largest absolute Gasteiger partial charge is 0.384 e. The maximum atomic E-state index is 13.7. The Bertz CT molecular complexity index is 634. The van der Waals surface area contributed by atoms with Crippen LogP contribution in [0.5, 0.6) is 0 Å². The highest BCUT2D eigenvalue weighted by Gasteiger charge is 2.10. The molecular formula is C13H13BrF2N4. The maximum absolute atomic E-state index is 13.7. The number of nitrogens with two attached hydrogens (primary N) is 1. The summed E-state index contributed by atoms with van der Waals surface area (Å²) in [6, 6.07) is 3.60. The third kappa shape index (κ3) is 3.41. The topological polar surface area (TPSA) is 63.8 Å². The molecule has 0 radical (unpaired) electrons. The van der Waals surface area contributed by atoms with E-state index < -0.39 is 11.6 Å². The zero-order valence-electron chi connectivity index (χ0n) is 10.8. The average molecular weight is 343 g/mol. The van der Waals surface area contributed by atoms with Crippen molar-refractivity contribution in [2.24, 2.45) is 0 Å². The molecule has 0 fully saturated rings. The average Bonchev–Trinajstić information content (AvgIpc) is 2.35. The van der Waals surface area contributed by atoms with Crippen LogP contribution in [-0.2, 0) is 6.42 Å². The van der Waals surface area contributed by atoms with Gasteiger partial charge in [0.25, 0.3) is 0 Å². The minimum absolute atomic E-state index is 0.110. The first-order valence-corrected chi connectivity index (χ1v) is 6.84. The minimum atomic E-state index is -0.708. The summed E-state index contributed by atoms with van der Waals surface area (Å²) in [5, 5.41) is 2.78. The van der Waals surface area contributed by atoms with Crippen molar-refractivity contribution in [1.29, 1.82) is 0 Å². The first-order chi connectivity index (χ1) is 9.49. The van der Waals surface area contributed by atoms with Crippen LogP contribution in [0.15, 0.2) is 22.7 Å². The molecule has 7 heteroatoms. The number of hydrogen-bond acceptors (Lipinski definition) is 4. The lowest BCUT2D eigenvalue weighted by Crippen LogP contribution is -2.04. The number of aryl methyl sites for hydroxylation is 1. The number of rotatable bonds is 4. The number of anilines is 3. The fourth-order valence-corrected chi connectivity index (χ4v) is 2.02. The van der Waals surface area contributed by atoms with Gasteiger partial charge in [0.15, 0.2) is 0 Å². The van der Waals surface area contributed by atoms with Crippen LogP contribution in [0.3, 0.4) is 0 Å².